The molecule has 1 aromatic carbocycles. The Balaban J connectivity index is 2.60. The van der Waals surface area contributed by atoms with Gasteiger partial charge in [-0.1, -0.05) is 45.1 Å². The first kappa shape index (κ1) is 22.4. The molecule has 2 unspecified atom stereocenters. The molecule has 152 valence electrons. The summed E-state index contributed by atoms with van der Waals surface area (Å²) in [6, 6.07) is 9.76. The summed E-state index contributed by atoms with van der Waals surface area (Å²) in [6.45, 7) is 13.0. The molecule has 0 radical (unpaired) electrons. The lowest BCUT2D eigenvalue weighted by Gasteiger charge is -2.46. The van der Waals surface area contributed by atoms with Crippen molar-refractivity contribution < 1.29 is 14.0 Å². The molecule has 0 saturated heterocycles. The van der Waals surface area contributed by atoms with Crippen LogP contribution < -0.4 is 0 Å². The number of ether oxygens (including phenoxy) is 1. The van der Waals surface area contributed by atoms with Gasteiger partial charge < -0.3 is 9.16 Å². The molecule has 0 N–H and O–H groups in total. The highest BCUT2D eigenvalue weighted by Gasteiger charge is 2.49. The van der Waals surface area contributed by atoms with Crippen molar-refractivity contribution in [2.24, 2.45) is 5.92 Å². The number of allylic oxidation sites excluding steroid dienone is 1. The van der Waals surface area contributed by atoms with Crippen LogP contribution in [0.1, 0.15) is 62.9 Å². The predicted molar refractivity (Wildman–Crippen MR) is 114 cm³/mol. The van der Waals surface area contributed by atoms with Crippen molar-refractivity contribution in [3.8, 4) is 6.07 Å². The van der Waals surface area contributed by atoms with Crippen LogP contribution in [0.2, 0.25) is 18.1 Å². The summed E-state index contributed by atoms with van der Waals surface area (Å²) in [5.74, 6) is -0.416. The van der Waals surface area contributed by atoms with Crippen molar-refractivity contribution in [2.75, 3.05) is 6.61 Å². The molecule has 1 aliphatic rings. The fourth-order valence-electron chi connectivity index (χ4n) is 3.32. The maximum absolute atomic E-state index is 12.3. The molecule has 0 saturated carbocycles. The Morgan fingerprint density at radius 1 is 1.32 bits per heavy atom. The first-order valence-corrected chi connectivity index (χ1v) is 13.0. The van der Waals surface area contributed by atoms with Crippen LogP contribution in [0.3, 0.4) is 0 Å². The number of hydrogen-bond acceptors (Lipinski definition) is 4. The quantitative estimate of drug-likeness (QED) is 0.336. The molecule has 28 heavy (non-hydrogen) atoms. The van der Waals surface area contributed by atoms with Gasteiger partial charge in [0.25, 0.3) is 0 Å². The highest BCUT2D eigenvalue weighted by atomic mass is 28.4. The van der Waals surface area contributed by atoms with Gasteiger partial charge in [-0.15, -0.1) is 0 Å². The molecule has 4 nitrogen and oxygen atoms in total. The number of rotatable bonds is 6. The van der Waals surface area contributed by atoms with E-state index in [0.717, 1.165) is 24.8 Å². The molecule has 1 aliphatic carbocycles. The molecule has 0 aromatic heterocycles. The Labute approximate surface area is 170 Å². The monoisotopic (exact) mass is 399 g/mol. The van der Waals surface area contributed by atoms with Gasteiger partial charge in [0, 0.05) is 5.92 Å². The molecular weight excluding hydrogens is 366 g/mol. The highest BCUT2D eigenvalue weighted by molar-refractivity contribution is 6.74. The Hall–Kier alpha value is -1.90. The van der Waals surface area contributed by atoms with Gasteiger partial charge in [-0.05, 0) is 62.0 Å². The second-order valence-corrected chi connectivity index (χ2v) is 13.7. The number of carbonyl (C=O) groups is 1. The Bertz CT molecular complexity index is 773. The average molecular weight is 400 g/mol. The van der Waals surface area contributed by atoms with Gasteiger partial charge >= 0.3 is 5.97 Å². The number of esters is 1. The van der Waals surface area contributed by atoms with Crippen molar-refractivity contribution in [2.45, 2.75) is 70.7 Å². The van der Waals surface area contributed by atoms with Gasteiger partial charge in [0.2, 0.25) is 0 Å². The molecule has 0 aliphatic heterocycles. The van der Waals surface area contributed by atoms with E-state index in [9.17, 15) is 10.1 Å². The SMILES string of the molecule is CCOC(=O)c1cccc(C(C#N)(O[Si](C)(C)C(C)(C)C)C2C=CCCC2)c1. The lowest BCUT2D eigenvalue weighted by molar-refractivity contribution is 0.0518. The van der Waals surface area contributed by atoms with Crippen molar-refractivity contribution in [1.29, 1.82) is 5.26 Å². The second kappa shape index (κ2) is 8.63. The first-order chi connectivity index (χ1) is 13.1. The Morgan fingerprint density at radius 2 is 2.04 bits per heavy atom. The molecule has 2 atom stereocenters. The zero-order valence-electron chi connectivity index (χ0n) is 18.0. The normalized spacial score (nSPS) is 19.5. The highest BCUT2D eigenvalue weighted by Crippen LogP contribution is 2.47. The predicted octanol–water partition coefficient (Wildman–Crippen LogP) is 5.96. The number of nitriles is 1. The number of hydrogen-bond donors (Lipinski definition) is 0. The zero-order chi connectivity index (χ0) is 21.0. The van der Waals surface area contributed by atoms with Crippen molar-refractivity contribution >= 4 is 14.3 Å². The van der Waals surface area contributed by atoms with Crippen LogP contribution in [0.15, 0.2) is 36.4 Å². The zero-order valence-corrected chi connectivity index (χ0v) is 19.0. The second-order valence-electron chi connectivity index (χ2n) is 8.98. The summed E-state index contributed by atoms with van der Waals surface area (Å²) in [5, 5.41) is 10.4. The van der Waals surface area contributed by atoms with E-state index in [-0.39, 0.29) is 16.9 Å². The standard InChI is InChI=1S/C23H33NO3Si/c1-7-26-21(25)18-12-11-15-20(16-18)23(17-24,19-13-9-8-10-14-19)27-28(5,6)22(2,3)4/h9,11-13,15-16,19H,7-8,10,14H2,1-6H3. The third-order valence-corrected chi connectivity index (χ3v) is 10.4. The van der Waals surface area contributed by atoms with Crippen LogP contribution in [-0.2, 0) is 14.8 Å². The van der Waals surface area contributed by atoms with E-state index >= 15 is 0 Å². The molecule has 0 fully saturated rings. The minimum Gasteiger partial charge on any atom is -0.462 e. The third-order valence-electron chi connectivity index (χ3n) is 5.97. The molecule has 5 heteroatoms. The van der Waals surface area contributed by atoms with E-state index < -0.39 is 13.9 Å². The van der Waals surface area contributed by atoms with Crippen LogP contribution in [0.4, 0.5) is 0 Å². The van der Waals surface area contributed by atoms with Crippen molar-refractivity contribution in [3.05, 3.63) is 47.5 Å². The van der Waals surface area contributed by atoms with Crippen molar-refractivity contribution in [1.82, 2.24) is 0 Å². The Kier molecular flexibility index (Phi) is 6.90. The molecule has 0 amide bonds. The van der Waals surface area contributed by atoms with Crippen LogP contribution in [0.25, 0.3) is 0 Å². The lowest BCUT2D eigenvalue weighted by Crippen LogP contribution is -2.51. The van der Waals surface area contributed by atoms with E-state index in [0.29, 0.717) is 12.2 Å². The summed E-state index contributed by atoms with van der Waals surface area (Å²) in [6.07, 6.45) is 7.22. The molecular formula is C23H33NO3Si. The summed E-state index contributed by atoms with van der Waals surface area (Å²) in [4.78, 5) is 12.3. The lowest BCUT2D eigenvalue weighted by atomic mass is 9.77. The van der Waals surface area contributed by atoms with E-state index in [4.69, 9.17) is 9.16 Å². The van der Waals surface area contributed by atoms with Crippen molar-refractivity contribution in [3.63, 3.8) is 0 Å². The summed E-state index contributed by atoms with van der Waals surface area (Å²) in [5.41, 5.74) is 0.0853. The molecule has 2 rings (SSSR count). The fraction of sp³-hybridized carbons (Fsp3) is 0.565. The summed E-state index contributed by atoms with van der Waals surface area (Å²) < 4.78 is 12.0. The third kappa shape index (κ3) is 4.56. The Morgan fingerprint density at radius 3 is 2.57 bits per heavy atom. The van der Waals surface area contributed by atoms with Gasteiger partial charge in [0.15, 0.2) is 13.9 Å². The van der Waals surface area contributed by atoms with Crippen LogP contribution >= 0.6 is 0 Å². The maximum Gasteiger partial charge on any atom is 0.338 e. The van der Waals surface area contributed by atoms with Gasteiger partial charge in [0.05, 0.1) is 12.2 Å². The van der Waals surface area contributed by atoms with E-state index in [2.05, 4.69) is 52.1 Å². The average Bonchev–Trinajstić information content (AvgIpc) is 2.66. The smallest absolute Gasteiger partial charge is 0.338 e. The minimum atomic E-state index is -2.26. The summed E-state index contributed by atoms with van der Waals surface area (Å²) >= 11 is 0. The number of nitrogens with zero attached hydrogens (tertiary/aromatic N) is 1. The summed E-state index contributed by atoms with van der Waals surface area (Å²) in [7, 11) is -2.26. The fourth-order valence-corrected chi connectivity index (χ4v) is 4.74. The molecule has 0 spiro atoms. The van der Waals surface area contributed by atoms with Gasteiger partial charge in [-0.3, -0.25) is 0 Å². The largest absolute Gasteiger partial charge is 0.462 e. The van der Waals surface area contributed by atoms with E-state index in [1.54, 1.807) is 19.1 Å². The topological polar surface area (TPSA) is 59.3 Å². The molecule has 0 heterocycles. The number of benzene rings is 1. The minimum absolute atomic E-state index is 0.0355. The van der Waals surface area contributed by atoms with E-state index in [1.165, 1.54) is 0 Å². The first-order valence-electron chi connectivity index (χ1n) is 10.1. The van der Waals surface area contributed by atoms with Gasteiger partial charge in [0.1, 0.15) is 6.07 Å². The van der Waals surface area contributed by atoms with Gasteiger partial charge in [-0.25, -0.2) is 4.79 Å². The van der Waals surface area contributed by atoms with Gasteiger partial charge in [-0.2, -0.15) is 5.26 Å². The van der Waals surface area contributed by atoms with E-state index in [1.807, 2.05) is 12.1 Å². The molecule has 0 bridgehead atoms. The van der Waals surface area contributed by atoms with Crippen LogP contribution in [-0.4, -0.2) is 20.9 Å². The number of carbonyl (C=O) groups excluding carboxylic acids is 1. The molecule has 1 aromatic rings. The van der Waals surface area contributed by atoms with Crippen LogP contribution in [0, 0.1) is 17.2 Å². The van der Waals surface area contributed by atoms with Crippen LogP contribution in [0.5, 0.6) is 0 Å². The maximum atomic E-state index is 12.3.